The fourth-order valence-corrected chi connectivity index (χ4v) is 3.48. The van der Waals surface area contributed by atoms with Crippen LogP contribution in [-0.2, 0) is 13.1 Å². The zero-order valence-corrected chi connectivity index (χ0v) is 15.7. The third kappa shape index (κ3) is 3.46. The number of rotatable bonds is 4. The van der Waals surface area contributed by atoms with E-state index < -0.39 is 6.10 Å². The second kappa shape index (κ2) is 7.38. The van der Waals surface area contributed by atoms with Crippen LogP contribution >= 0.6 is 0 Å². The molecular formula is C21H21BrN2O. The van der Waals surface area contributed by atoms with Crippen molar-refractivity contribution >= 4 is 21.8 Å². The maximum atomic E-state index is 10.6. The van der Waals surface area contributed by atoms with Crippen molar-refractivity contribution in [2.45, 2.75) is 26.1 Å². The van der Waals surface area contributed by atoms with Crippen LogP contribution in [0.2, 0.25) is 0 Å². The van der Waals surface area contributed by atoms with Gasteiger partial charge in [-0.15, -0.1) is 0 Å². The van der Waals surface area contributed by atoms with Crippen molar-refractivity contribution in [3.63, 3.8) is 0 Å². The summed E-state index contributed by atoms with van der Waals surface area (Å²) in [6, 6.07) is 20.9. The van der Waals surface area contributed by atoms with Gasteiger partial charge in [0.25, 0.3) is 0 Å². The van der Waals surface area contributed by atoms with E-state index in [0.29, 0.717) is 13.1 Å². The molecule has 2 aromatic heterocycles. The van der Waals surface area contributed by atoms with Gasteiger partial charge in [-0.3, -0.25) is 0 Å². The Labute approximate surface area is 157 Å². The van der Waals surface area contributed by atoms with E-state index in [2.05, 4.69) is 72.3 Å². The van der Waals surface area contributed by atoms with E-state index >= 15 is 0 Å². The van der Waals surface area contributed by atoms with E-state index in [1.165, 1.54) is 27.4 Å². The summed E-state index contributed by atoms with van der Waals surface area (Å²) in [7, 11) is 0. The third-order valence-corrected chi connectivity index (χ3v) is 4.50. The molecule has 4 heteroatoms. The van der Waals surface area contributed by atoms with E-state index in [1.807, 2.05) is 16.8 Å². The molecule has 1 atom stereocenters. The van der Waals surface area contributed by atoms with Gasteiger partial charge < -0.3 is 26.7 Å². The van der Waals surface area contributed by atoms with Crippen molar-refractivity contribution in [3.8, 4) is 0 Å². The van der Waals surface area contributed by atoms with Gasteiger partial charge in [-0.1, -0.05) is 36.4 Å². The van der Waals surface area contributed by atoms with Crippen LogP contribution in [0.25, 0.3) is 21.8 Å². The molecule has 128 valence electrons. The standard InChI is InChI=1S/C21H21N2O.BrH/c1-16-7-6-12-22(13-16)14-17(24)15-23-20-10-4-2-8-18(20)19-9-3-5-11-21(19)23;/h2-13,17,24H,14-15H2,1H3;1H/q+1;/p-1. The van der Waals surface area contributed by atoms with E-state index in [1.54, 1.807) is 0 Å². The molecule has 4 rings (SSSR count). The first-order valence-corrected chi connectivity index (χ1v) is 8.32. The number of hydrogen-bond acceptors (Lipinski definition) is 1. The second-order valence-electron chi connectivity index (χ2n) is 6.38. The third-order valence-electron chi connectivity index (χ3n) is 4.50. The highest BCUT2D eigenvalue weighted by Crippen LogP contribution is 2.28. The first-order valence-electron chi connectivity index (χ1n) is 8.32. The number of nitrogens with zero attached hydrogens (tertiary/aromatic N) is 2. The van der Waals surface area contributed by atoms with Gasteiger partial charge in [0.05, 0.1) is 6.54 Å². The minimum Gasteiger partial charge on any atom is -1.00 e. The van der Waals surface area contributed by atoms with Crippen molar-refractivity contribution in [3.05, 3.63) is 78.6 Å². The average Bonchev–Trinajstić information content (AvgIpc) is 2.90. The van der Waals surface area contributed by atoms with Gasteiger partial charge in [-0.05, 0) is 25.1 Å². The summed E-state index contributed by atoms with van der Waals surface area (Å²) >= 11 is 0. The Morgan fingerprint density at radius 3 is 2.12 bits per heavy atom. The number of aromatic nitrogens is 2. The number of aliphatic hydroxyl groups excluding tert-OH is 1. The molecule has 0 aliphatic rings. The molecule has 0 fully saturated rings. The number of aryl methyl sites for hydroxylation is 1. The summed E-state index contributed by atoms with van der Waals surface area (Å²) in [5.41, 5.74) is 3.54. The topological polar surface area (TPSA) is 29.0 Å². The molecule has 0 saturated carbocycles. The summed E-state index contributed by atoms with van der Waals surface area (Å²) in [4.78, 5) is 0. The predicted molar refractivity (Wildman–Crippen MR) is 96.8 cm³/mol. The van der Waals surface area contributed by atoms with Crippen molar-refractivity contribution < 1.29 is 26.7 Å². The molecule has 0 aliphatic heterocycles. The maximum Gasteiger partial charge on any atom is 0.175 e. The van der Waals surface area contributed by atoms with Gasteiger partial charge in [0.2, 0.25) is 0 Å². The smallest absolute Gasteiger partial charge is 0.175 e. The molecule has 0 bridgehead atoms. The second-order valence-corrected chi connectivity index (χ2v) is 6.38. The number of aliphatic hydroxyl groups is 1. The largest absolute Gasteiger partial charge is 1.00 e. The van der Waals surface area contributed by atoms with Crippen LogP contribution in [0, 0.1) is 6.92 Å². The molecule has 0 amide bonds. The van der Waals surface area contributed by atoms with E-state index in [9.17, 15) is 5.11 Å². The highest BCUT2D eigenvalue weighted by atomic mass is 79.9. The Kier molecular flexibility index (Phi) is 5.21. The first kappa shape index (κ1) is 17.6. The van der Waals surface area contributed by atoms with E-state index in [-0.39, 0.29) is 17.0 Å². The van der Waals surface area contributed by atoms with Crippen LogP contribution in [0.3, 0.4) is 0 Å². The molecule has 2 heterocycles. The van der Waals surface area contributed by atoms with Gasteiger partial charge in [0.15, 0.2) is 18.9 Å². The molecular weight excluding hydrogens is 376 g/mol. The summed E-state index contributed by atoms with van der Waals surface area (Å²) < 4.78 is 4.28. The summed E-state index contributed by atoms with van der Waals surface area (Å²) in [6.07, 6.45) is 3.62. The monoisotopic (exact) mass is 396 g/mol. The number of benzene rings is 2. The maximum absolute atomic E-state index is 10.6. The average molecular weight is 397 g/mol. The van der Waals surface area contributed by atoms with Crippen molar-refractivity contribution in [2.24, 2.45) is 0 Å². The van der Waals surface area contributed by atoms with Gasteiger partial charge in [0.1, 0.15) is 6.10 Å². The minimum atomic E-state index is -0.448. The molecule has 0 aliphatic carbocycles. The normalized spacial score (nSPS) is 12.2. The molecule has 3 nitrogen and oxygen atoms in total. The number of hydrogen-bond donors (Lipinski definition) is 1. The summed E-state index contributed by atoms with van der Waals surface area (Å²) in [5, 5.41) is 13.1. The molecule has 25 heavy (non-hydrogen) atoms. The van der Waals surface area contributed by atoms with Crippen molar-refractivity contribution in [2.75, 3.05) is 0 Å². The van der Waals surface area contributed by atoms with Gasteiger partial charge in [-0.2, -0.15) is 0 Å². The molecule has 2 aromatic carbocycles. The minimum absolute atomic E-state index is 0. The van der Waals surface area contributed by atoms with Crippen molar-refractivity contribution in [1.82, 2.24) is 4.57 Å². The van der Waals surface area contributed by atoms with Crippen molar-refractivity contribution in [1.29, 1.82) is 0 Å². The molecule has 4 aromatic rings. The zero-order chi connectivity index (χ0) is 16.5. The number of halogens is 1. The lowest BCUT2D eigenvalue weighted by molar-refractivity contribution is -0.704. The first-order chi connectivity index (χ1) is 11.7. The van der Waals surface area contributed by atoms with Crippen LogP contribution in [0.15, 0.2) is 73.1 Å². The Morgan fingerprint density at radius 2 is 1.52 bits per heavy atom. The molecule has 1 N–H and O–H groups in total. The van der Waals surface area contributed by atoms with E-state index in [4.69, 9.17) is 0 Å². The highest BCUT2D eigenvalue weighted by molar-refractivity contribution is 6.07. The number of fused-ring (bicyclic) bond motifs is 3. The lowest BCUT2D eigenvalue weighted by Crippen LogP contribution is -3.00. The quantitative estimate of drug-likeness (QED) is 0.498. The SMILES string of the molecule is Cc1ccc[n+](CC(O)Cn2c3ccccc3c3ccccc32)c1.[Br-]. The summed E-state index contributed by atoms with van der Waals surface area (Å²) in [5.74, 6) is 0. The van der Waals surface area contributed by atoms with Crippen LogP contribution < -0.4 is 21.5 Å². The van der Waals surface area contributed by atoms with Crippen LogP contribution in [0.4, 0.5) is 0 Å². The lowest BCUT2D eigenvalue weighted by Gasteiger charge is -2.12. The van der Waals surface area contributed by atoms with Gasteiger partial charge in [0, 0.05) is 33.4 Å². The Hall–Kier alpha value is -2.17. The van der Waals surface area contributed by atoms with Crippen LogP contribution in [-0.4, -0.2) is 15.8 Å². The Morgan fingerprint density at radius 1 is 0.920 bits per heavy atom. The molecule has 0 saturated heterocycles. The lowest BCUT2D eigenvalue weighted by atomic mass is 10.2. The zero-order valence-electron chi connectivity index (χ0n) is 14.1. The van der Waals surface area contributed by atoms with Crippen LogP contribution in [0.5, 0.6) is 0 Å². The Bertz CT molecular complexity index is 956. The summed E-state index contributed by atoms with van der Waals surface area (Å²) in [6.45, 7) is 3.23. The number of pyridine rings is 1. The molecule has 1 unspecified atom stereocenters. The number of para-hydroxylation sites is 2. The highest BCUT2D eigenvalue weighted by Gasteiger charge is 2.16. The van der Waals surface area contributed by atoms with Gasteiger partial charge in [-0.25, -0.2) is 4.57 Å². The fourth-order valence-electron chi connectivity index (χ4n) is 3.48. The fraction of sp³-hybridized carbons (Fsp3) is 0.190. The van der Waals surface area contributed by atoms with Crippen LogP contribution in [0.1, 0.15) is 5.56 Å². The molecule has 0 spiro atoms. The van der Waals surface area contributed by atoms with Gasteiger partial charge >= 0.3 is 0 Å². The predicted octanol–water partition coefficient (Wildman–Crippen LogP) is 0.456. The van der Waals surface area contributed by atoms with E-state index in [0.717, 1.165) is 0 Å². The molecule has 0 radical (unpaired) electrons. The Balaban J connectivity index is 0.00000182.